The topological polar surface area (TPSA) is 52.9 Å². The molecule has 6 nitrogen and oxygen atoms in total. The summed E-state index contributed by atoms with van der Waals surface area (Å²) in [7, 11) is 2.14. The molecule has 0 bridgehead atoms. The van der Waals surface area contributed by atoms with E-state index in [0.29, 0.717) is 6.42 Å². The Balaban J connectivity index is 1.39. The van der Waals surface area contributed by atoms with E-state index in [0.717, 1.165) is 44.8 Å². The molecule has 1 fully saturated rings. The fourth-order valence-electron chi connectivity index (χ4n) is 4.06. The number of hydrogen-bond acceptors (Lipinski definition) is 4. The molecule has 152 valence electrons. The molecule has 1 aliphatic rings. The first-order valence-electron chi connectivity index (χ1n) is 10.4. The summed E-state index contributed by atoms with van der Waals surface area (Å²) in [6, 6.07) is 14.8. The summed E-state index contributed by atoms with van der Waals surface area (Å²) in [5.74, 6) is -0.0381. The zero-order chi connectivity index (χ0) is 20.2. The quantitative estimate of drug-likeness (QED) is 0.519. The van der Waals surface area contributed by atoms with Crippen LogP contribution in [-0.2, 0) is 11.3 Å². The lowest BCUT2D eigenvalue weighted by Gasteiger charge is -2.32. The minimum Gasteiger partial charge on any atom is -0.341 e. The van der Waals surface area contributed by atoms with Gasteiger partial charge in [-0.25, -0.2) is 5.43 Å². The van der Waals surface area contributed by atoms with Crippen molar-refractivity contribution >= 4 is 33.9 Å². The van der Waals surface area contributed by atoms with Crippen molar-refractivity contribution < 1.29 is 4.79 Å². The molecule has 0 spiro atoms. The monoisotopic (exact) mass is 391 g/mol. The van der Waals surface area contributed by atoms with E-state index in [1.54, 1.807) is 6.21 Å². The Kier molecular flexibility index (Phi) is 5.92. The van der Waals surface area contributed by atoms with Crippen LogP contribution in [0.3, 0.4) is 0 Å². The van der Waals surface area contributed by atoms with E-state index >= 15 is 0 Å². The zero-order valence-corrected chi connectivity index (χ0v) is 17.3. The number of nitrogens with one attached hydrogen (secondary N) is 1. The van der Waals surface area contributed by atoms with E-state index < -0.39 is 0 Å². The fraction of sp³-hybridized carbons (Fsp3) is 0.391. The highest BCUT2D eigenvalue weighted by Crippen LogP contribution is 2.29. The number of carbonyl (C=O) groups is 1. The molecule has 0 unspecified atom stereocenters. The molecule has 1 aliphatic heterocycles. The van der Waals surface area contributed by atoms with Gasteiger partial charge in [0.15, 0.2) is 0 Å². The molecule has 0 radical (unpaired) electrons. The van der Waals surface area contributed by atoms with Gasteiger partial charge >= 0.3 is 0 Å². The number of carbonyl (C=O) groups excluding carboxylic acids is 1. The molecule has 29 heavy (non-hydrogen) atoms. The lowest BCUT2D eigenvalue weighted by molar-refractivity contribution is -0.121. The second-order valence-corrected chi connectivity index (χ2v) is 7.73. The molecule has 2 aromatic carbocycles. The molecule has 2 heterocycles. The number of piperazine rings is 1. The lowest BCUT2D eigenvalue weighted by atomic mass is 10.1. The number of aryl methyl sites for hydroxylation is 1. The maximum absolute atomic E-state index is 12.1. The molecule has 1 N–H and O–H groups in total. The molecular weight excluding hydrogens is 362 g/mol. The van der Waals surface area contributed by atoms with Gasteiger partial charge in [0.2, 0.25) is 5.91 Å². The van der Waals surface area contributed by atoms with Crippen LogP contribution < -0.4 is 5.43 Å². The van der Waals surface area contributed by atoms with Crippen LogP contribution in [-0.4, -0.2) is 66.3 Å². The van der Waals surface area contributed by atoms with Crippen molar-refractivity contribution in [2.45, 2.75) is 19.9 Å². The summed E-state index contributed by atoms with van der Waals surface area (Å²) < 4.78 is 2.33. The van der Waals surface area contributed by atoms with Gasteiger partial charge in [0.05, 0.1) is 6.21 Å². The average Bonchev–Trinajstić information content (AvgIpc) is 3.06. The summed E-state index contributed by atoms with van der Waals surface area (Å²) in [6.07, 6.45) is 2.20. The van der Waals surface area contributed by atoms with Gasteiger partial charge in [-0.1, -0.05) is 24.3 Å². The highest BCUT2D eigenvalue weighted by atomic mass is 16.2. The first kappa shape index (κ1) is 19.6. The van der Waals surface area contributed by atoms with Gasteiger partial charge < -0.3 is 14.4 Å². The number of fused-ring (bicyclic) bond motifs is 3. The Morgan fingerprint density at radius 2 is 1.83 bits per heavy atom. The molecular formula is C23H29N5O. The average molecular weight is 392 g/mol. The van der Waals surface area contributed by atoms with E-state index in [4.69, 9.17) is 0 Å². The van der Waals surface area contributed by atoms with Crippen LogP contribution in [0.5, 0.6) is 0 Å². The number of amides is 1. The number of likely N-dealkylation sites (N-methyl/N-ethyl adjacent to an activating group) is 1. The van der Waals surface area contributed by atoms with Crippen LogP contribution in [0.1, 0.15) is 18.9 Å². The summed E-state index contributed by atoms with van der Waals surface area (Å²) in [5.41, 5.74) is 6.12. The summed E-state index contributed by atoms with van der Waals surface area (Å²) >= 11 is 0. The van der Waals surface area contributed by atoms with Gasteiger partial charge in [-0.2, -0.15) is 5.10 Å². The smallest absolute Gasteiger partial charge is 0.241 e. The predicted octanol–water partition coefficient (Wildman–Crippen LogP) is 2.90. The van der Waals surface area contributed by atoms with Crippen LogP contribution >= 0.6 is 0 Å². The number of nitrogens with zero attached hydrogens (tertiary/aromatic N) is 4. The molecule has 1 amide bonds. The first-order valence-corrected chi connectivity index (χ1v) is 10.4. The lowest BCUT2D eigenvalue weighted by Crippen LogP contribution is -2.45. The van der Waals surface area contributed by atoms with Gasteiger partial charge in [-0.05, 0) is 37.7 Å². The third-order valence-corrected chi connectivity index (χ3v) is 5.77. The normalized spacial score (nSPS) is 16.2. The van der Waals surface area contributed by atoms with Gasteiger partial charge in [0, 0.05) is 67.5 Å². The number of rotatable bonds is 6. The Bertz CT molecular complexity index is 1030. The molecule has 6 heteroatoms. The maximum Gasteiger partial charge on any atom is 0.241 e. The number of para-hydroxylation sites is 1. The van der Waals surface area contributed by atoms with Gasteiger partial charge in [-0.3, -0.25) is 4.79 Å². The van der Waals surface area contributed by atoms with Gasteiger partial charge in [-0.15, -0.1) is 0 Å². The molecule has 4 rings (SSSR count). The van der Waals surface area contributed by atoms with Crippen molar-refractivity contribution in [2.24, 2.45) is 5.10 Å². The Hall–Kier alpha value is -2.70. The largest absolute Gasteiger partial charge is 0.341 e. The number of aromatic nitrogens is 1. The molecule has 1 saturated heterocycles. The third-order valence-electron chi connectivity index (χ3n) is 5.77. The van der Waals surface area contributed by atoms with E-state index in [9.17, 15) is 4.79 Å². The number of benzene rings is 2. The second-order valence-electron chi connectivity index (χ2n) is 7.73. The SMILES string of the molecule is CCn1c2ccccc2c2cc(/C=N/NC(=O)CCN3CCN(C)CC3)ccc21. The van der Waals surface area contributed by atoms with Crippen molar-refractivity contribution in [3.05, 3.63) is 48.0 Å². The van der Waals surface area contributed by atoms with Crippen LogP contribution in [0, 0.1) is 0 Å². The van der Waals surface area contributed by atoms with Crippen molar-refractivity contribution in [3.63, 3.8) is 0 Å². The minimum atomic E-state index is -0.0381. The summed E-state index contributed by atoms with van der Waals surface area (Å²) in [4.78, 5) is 16.8. The summed E-state index contributed by atoms with van der Waals surface area (Å²) in [6.45, 7) is 8.07. The highest BCUT2D eigenvalue weighted by Gasteiger charge is 2.14. The first-order chi connectivity index (χ1) is 14.2. The van der Waals surface area contributed by atoms with E-state index in [1.165, 1.54) is 21.8 Å². The maximum atomic E-state index is 12.1. The molecule has 0 atom stereocenters. The Morgan fingerprint density at radius 1 is 1.07 bits per heavy atom. The van der Waals surface area contributed by atoms with Gasteiger partial charge in [0.25, 0.3) is 0 Å². The fourth-order valence-corrected chi connectivity index (χ4v) is 4.06. The van der Waals surface area contributed by atoms with Crippen molar-refractivity contribution in [1.82, 2.24) is 19.8 Å². The van der Waals surface area contributed by atoms with Crippen LogP contribution in [0.2, 0.25) is 0 Å². The Labute approximate surface area is 171 Å². The van der Waals surface area contributed by atoms with E-state index in [1.807, 2.05) is 6.07 Å². The molecule has 0 aliphatic carbocycles. The molecule has 0 saturated carbocycles. The standard InChI is InChI=1S/C23H29N5O/c1-3-28-21-7-5-4-6-19(21)20-16-18(8-9-22(20)28)17-24-25-23(29)10-11-27-14-12-26(2)13-15-27/h4-9,16-17H,3,10-15H2,1-2H3,(H,25,29)/b24-17+. The summed E-state index contributed by atoms with van der Waals surface area (Å²) in [5, 5.41) is 6.63. The van der Waals surface area contributed by atoms with Crippen molar-refractivity contribution in [3.8, 4) is 0 Å². The van der Waals surface area contributed by atoms with Crippen molar-refractivity contribution in [1.29, 1.82) is 0 Å². The van der Waals surface area contributed by atoms with Crippen LogP contribution in [0.25, 0.3) is 21.8 Å². The third kappa shape index (κ3) is 4.33. The van der Waals surface area contributed by atoms with Crippen LogP contribution in [0.15, 0.2) is 47.6 Å². The Morgan fingerprint density at radius 3 is 2.62 bits per heavy atom. The number of hydrogen-bond donors (Lipinski definition) is 1. The highest BCUT2D eigenvalue weighted by molar-refractivity contribution is 6.09. The van der Waals surface area contributed by atoms with Gasteiger partial charge in [0.1, 0.15) is 0 Å². The van der Waals surface area contributed by atoms with Crippen LogP contribution in [0.4, 0.5) is 0 Å². The zero-order valence-electron chi connectivity index (χ0n) is 17.3. The molecule has 3 aromatic rings. The predicted molar refractivity (Wildman–Crippen MR) is 119 cm³/mol. The minimum absolute atomic E-state index is 0.0381. The number of hydrazone groups is 1. The van der Waals surface area contributed by atoms with Crippen molar-refractivity contribution in [2.75, 3.05) is 39.8 Å². The second kappa shape index (κ2) is 8.76. The van der Waals surface area contributed by atoms with E-state index in [-0.39, 0.29) is 5.91 Å². The van der Waals surface area contributed by atoms with E-state index in [2.05, 4.69) is 75.3 Å². The molecule has 1 aromatic heterocycles.